The molecule has 0 spiro atoms. The zero-order valence-electron chi connectivity index (χ0n) is 8.50. The third kappa shape index (κ3) is 2.09. The van der Waals surface area contributed by atoms with Crippen LogP contribution in [0.1, 0.15) is 5.56 Å². The molecule has 0 aliphatic heterocycles. The van der Waals surface area contributed by atoms with Crippen LogP contribution in [-0.4, -0.2) is 31.9 Å². The number of nitrogens with zero attached hydrogens (tertiary/aromatic N) is 3. The smallest absolute Gasteiger partial charge is 0.423 e. The zero-order valence-corrected chi connectivity index (χ0v) is 9.26. The Morgan fingerprint density at radius 1 is 1.38 bits per heavy atom. The molecule has 0 unspecified atom stereocenters. The van der Waals surface area contributed by atoms with Crippen molar-refractivity contribution in [2.45, 2.75) is 6.92 Å². The molecule has 2 rings (SSSR count). The average Bonchev–Trinajstić information content (AvgIpc) is 2.64. The quantitative estimate of drug-likeness (QED) is 0.716. The number of aromatic nitrogens is 3. The van der Waals surface area contributed by atoms with Crippen LogP contribution in [0.2, 0.25) is 5.02 Å². The topological polar surface area (TPSA) is 71.2 Å². The summed E-state index contributed by atoms with van der Waals surface area (Å²) < 4.78 is 1.53. The first kappa shape index (κ1) is 11.1. The van der Waals surface area contributed by atoms with E-state index in [9.17, 15) is 0 Å². The summed E-state index contributed by atoms with van der Waals surface area (Å²) in [6.07, 6.45) is 4.82. The number of hydrogen-bond donors (Lipinski definition) is 2. The summed E-state index contributed by atoms with van der Waals surface area (Å²) in [5.74, 6) is 0.458. The summed E-state index contributed by atoms with van der Waals surface area (Å²) in [7, 11) is -1.57. The summed E-state index contributed by atoms with van der Waals surface area (Å²) in [5.41, 5.74) is 1.24. The summed E-state index contributed by atoms with van der Waals surface area (Å²) in [6, 6.07) is 1.45. The van der Waals surface area contributed by atoms with Gasteiger partial charge in [0.15, 0.2) is 5.82 Å². The summed E-state index contributed by atoms with van der Waals surface area (Å²) in [4.78, 5) is 4.03. The second kappa shape index (κ2) is 4.25. The molecule has 0 aliphatic rings. The van der Waals surface area contributed by atoms with Crippen LogP contribution in [0.15, 0.2) is 24.7 Å². The number of pyridine rings is 1. The molecule has 7 heteroatoms. The number of aryl methyl sites for hydroxylation is 1. The van der Waals surface area contributed by atoms with E-state index < -0.39 is 7.12 Å². The van der Waals surface area contributed by atoms with Gasteiger partial charge in [0.2, 0.25) is 0 Å². The van der Waals surface area contributed by atoms with E-state index in [1.807, 2.05) is 6.92 Å². The molecule has 2 aromatic heterocycles. The Bertz CT molecular complexity index is 515. The maximum atomic E-state index is 8.95. The molecule has 0 fully saturated rings. The van der Waals surface area contributed by atoms with Crippen LogP contribution in [0.3, 0.4) is 0 Å². The van der Waals surface area contributed by atoms with Gasteiger partial charge in [-0.1, -0.05) is 11.6 Å². The van der Waals surface area contributed by atoms with E-state index in [0.29, 0.717) is 10.8 Å². The van der Waals surface area contributed by atoms with Gasteiger partial charge in [-0.3, -0.25) is 0 Å². The lowest BCUT2D eigenvalue weighted by molar-refractivity contribution is 0.425. The Hall–Kier alpha value is -1.37. The van der Waals surface area contributed by atoms with Crippen molar-refractivity contribution >= 4 is 24.2 Å². The van der Waals surface area contributed by atoms with Gasteiger partial charge in [0.05, 0.1) is 11.2 Å². The van der Waals surface area contributed by atoms with Crippen LogP contribution < -0.4 is 5.46 Å². The van der Waals surface area contributed by atoms with Crippen molar-refractivity contribution in [3.8, 4) is 5.82 Å². The lowest BCUT2D eigenvalue weighted by Gasteiger charge is -2.05. The first-order valence-electron chi connectivity index (χ1n) is 4.61. The monoisotopic (exact) mass is 237 g/mol. The minimum absolute atomic E-state index is 0.248. The highest BCUT2D eigenvalue weighted by molar-refractivity contribution is 6.58. The molecule has 0 amide bonds. The van der Waals surface area contributed by atoms with Crippen LogP contribution in [-0.2, 0) is 0 Å². The SMILES string of the molecule is Cc1cnn(-c2ncc(B(O)O)cc2Cl)c1. The lowest BCUT2D eigenvalue weighted by Crippen LogP contribution is -2.30. The lowest BCUT2D eigenvalue weighted by atomic mass is 9.82. The maximum Gasteiger partial charge on any atom is 0.490 e. The minimum atomic E-state index is -1.57. The second-order valence-corrected chi connectivity index (χ2v) is 3.82. The van der Waals surface area contributed by atoms with Crippen LogP contribution in [0, 0.1) is 6.92 Å². The molecular weight excluding hydrogens is 228 g/mol. The molecule has 0 atom stereocenters. The fourth-order valence-electron chi connectivity index (χ4n) is 1.28. The van der Waals surface area contributed by atoms with Crippen molar-refractivity contribution in [2.75, 3.05) is 0 Å². The standard InChI is InChI=1S/C9H9BClN3O2/c1-6-3-13-14(5-6)9-8(11)2-7(4-12-9)10(15)16/h2-5,15-16H,1H3. The molecule has 82 valence electrons. The number of rotatable bonds is 2. The Kier molecular flexibility index (Phi) is 2.96. The predicted molar refractivity (Wildman–Crippen MR) is 60.9 cm³/mol. The minimum Gasteiger partial charge on any atom is -0.423 e. The average molecular weight is 237 g/mol. The van der Waals surface area contributed by atoms with E-state index in [1.54, 1.807) is 12.4 Å². The van der Waals surface area contributed by atoms with Crippen molar-refractivity contribution in [3.63, 3.8) is 0 Å². The molecule has 0 aromatic carbocycles. The molecule has 0 radical (unpaired) electrons. The molecule has 0 bridgehead atoms. The van der Waals surface area contributed by atoms with Crippen molar-refractivity contribution in [1.29, 1.82) is 0 Å². The molecule has 16 heavy (non-hydrogen) atoms. The van der Waals surface area contributed by atoms with E-state index in [1.165, 1.54) is 16.9 Å². The largest absolute Gasteiger partial charge is 0.490 e. The molecule has 0 aliphatic carbocycles. The van der Waals surface area contributed by atoms with Crippen molar-refractivity contribution in [2.24, 2.45) is 0 Å². The molecule has 0 saturated heterocycles. The van der Waals surface area contributed by atoms with Gasteiger partial charge < -0.3 is 10.0 Å². The summed E-state index contributed by atoms with van der Waals surface area (Å²) in [5, 5.41) is 22.3. The highest BCUT2D eigenvalue weighted by Crippen LogP contribution is 2.15. The van der Waals surface area contributed by atoms with E-state index in [2.05, 4.69) is 10.1 Å². The van der Waals surface area contributed by atoms with E-state index in [0.717, 1.165) is 5.56 Å². The highest BCUT2D eigenvalue weighted by Gasteiger charge is 2.14. The van der Waals surface area contributed by atoms with Crippen LogP contribution in [0.4, 0.5) is 0 Å². The van der Waals surface area contributed by atoms with E-state index in [4.69, 9.17) is 21.6 Å². The summed E-state index contributed by atoms with van der Waals surface area (Å²) >= 11 is 5.97. The number of halogens is 1. The maximum absolute atomic E-state index is 8.95. The Morgan fingerprint density at radius 3 is 2.62 bits per heavy atom. The van der Waals surface area contributed by atoms with Gasteiger partial charge in [0.25, 0.3) is 0 Å². The fourth-order valence-corrected chi connectivity index (χ4v) is 1.55. The van der Waals surface area contributed by atoms with Gasteiger partial charge in [0, 0.05) is 17.9 Å². The molecular formula is C9H9BClN3O2. The Labute approximate surface area is 97.5 Å². The number of hydrogen-bond acceptors (Lipinski definition) is 4. The van der Waals surface area contributed by atoms with Gasteiger partial charge in [-0.05, 0) is 18.6 Å². The summed E-state index contributed by atoms with van der Waals surface area (Å²) in [6.45, 7) is 1.91. The van der Waals surface area contributed by atoms with Crippen molar-refractivity contribution in [3.05, 3.63) is 35.2 Å². The van der Waals surface area contributed by atoms with Gasteiger partial charge in [-0.2, -0.15) is 5.10 Å². The molecule has 2 aromatic rings. The molecule has 2 N–H and O–H groups in total. The second-order valence-electron chi connectivity index (χ2n) is 3.41. The fraction of sp³-hybridized carbons (Fsp3) is 0.111. The van der Waals surface area contributed by atoms with E-state index >= 15 is 0 Å². The van der Waals surface area contributed by atoms with Crippen molar-refractivity contribution < 1.29 is 10.0 Å². The third-order valence-electron chi connectivity index (χ3n) is 2.07. The Balaban J connectivity index is 2.44. The zero-order chi connectivity index (χ0) is 11.7. The van der Waals surface area contributed by atoms with Gasteiger partial charge in [-0.15, -0.1) is 0 Å². The van der Waals surface area contributed by atoms with Crippen LogP contribution in [0.5, 0.6) is 0 Å². The van der Waals surface area contributed by atoms with Crippen LogP contribution in [0.25, 0.3) is 5.82 Å². The predicted octanol–water partition coefficient (Wildman–Crippen LogP) is -0.0911. The third-order valence-corrected chi connectivity index (χ3v) is 2.35. The first-order chi connectivity index (χ1) is 7.58. The Morgan fingerprint density at radius 2 is 2.12 bits per heavy atom. The molecule has 0 saturated carbocycles. The van der Waals surface area contributed by atoms with Crippen LogP contribution >= 0.6 is 11.6 Å². The molecule has 2 heterocycles. The molecule has 5 nitrogen and oxygen atoms in total. The first-order valence-corrected chi connectivity index (χ1v) is 4.99. The van der Waals surface area contributed by atoms with Crippen molar-refractivity contribution in [1.82, 2.24) is 14.8 Å². The van der Waals surface area contributed by atoms with Gasteiger partial charge >= 0.3 is 7.12 Å². The normalized spacial score (nSPS) is 10.5. The van der Waals surface area contributed by atoms with Gasteiger partial charge in [-0.25, -0.2) is 9.67 Å². The highest BCUT2D eigenvalue weighted by atomic mass is 35.5. The van der Waals surface area contributed by atoms with E-state index in [-0.39, 0.29) is 5.46 Å². The van der Waals surface area contributed by atoms with Gasteiger partial charge in [0.1, 0.15) is 0 Å².